The second-order valence-electron chi connectivity index (χ2n) is 9.86. The lowest BCUT2D eigenvalue weighted by Gasteiger charge is -2.34. The molecule has 3 amide bonds. The number of aromatic nitrogens is 3. The Hall–Kier alpha value is -3.27. The maximum atomic E-state index is 15.2. The third-order valence-electron chi connectivity index (χ3n) is 6.98. The van der Waals surface area contributed by atoms with E-state index >= 15 is 8.78 Å². The lowest BCUT2D eigenvalue weighted by atomic mass is 10.0. The monoisotopic (exact) mass is 636 g/mol. The number of carbonyl (C=O) groups is 3. The fourth-order valence-electron chi connectivity index (χ4n) is 4.91. The number of hydrogen-bond acceptors (Lipinski definition) is 9. The van der Waals surface area contributed by atoms with Crippen molar-refractivity contribution in [3.63, 3.8) is 0 Å². The van der Waals surface area contributed by atoms with E-state index in [2.05, 4.69) is 10.3 Å². The Morgan fingerprint density at radius 2 is 1.71 bits per heavy atom. The molecule has 2 aliphatic heterocycles. The van der Waals surface area contributed by atoms with Crippen LogP contribution < -0.4 is 9.80 Å². The number of amides is 3. The molecule has 1 atom stereocenters. The van der Waals surface area contributed by atoms with E-state index in [-0.39, 0.29) is 24.0 Å². The van der Waals surface area contributed by atoms with E-state index in [0.717, 1.165) is 24.0 Å². The summed E-state index contributed by atoms with van der Waals surface area (Å²) < 4.78 is 60.2. The van der Waals surface area contributed by atoms with Gasteiger partial charge in [0, 0.05) is 38.3 Å². The van der Waals surface area contributed by atoms with Gasteiger partial charge in [-0.3, -0.25) is 28.5 Å². The second kappa shape index (κ2) is 12.1. The van der Waals surface area contributed by atoms with E-state index in [1.54, 1.807) is 22.0 Å². The van der Waals surface area contributed by atoms with Crippen molar-refractivity contribution in [2.45, 2.75) is 43.7 Å². The van der Waals surface area contributed by atoms with Crippen molar-refractivity contribution in [2.24, 2.45) is 0 Å². The molecule has 0 spiro atoms. The molecule has 2 fully saturated rings. The highest BCUT2D eigenvalue weighted by Crippen LogP contribution is 2.61. The van der Waals surface area contributed by atoms with Gasteiger partial charge >= 0.3 is 21.3 Å². The van der Waals surface area contributed by atoms with E-state index in [1.807, 2.05) is 0 Å². The number of ether oxygens (including phenoxy) is 1. The maximum Gasteiger partial charge on any atom is 0.414 e. The van der Waals surface area contributed by atoms with Gasteiger partial charge < -0.3 is 29.2 Å². The molecule has 2 aromatic rings. The SMILES string of the molecule is CC(=O)N(C[C@H]1CN(c2cc(F)c(N3CCC(n4ccnn4)CC3)c(F)c2)C(=O)O1)C(=O)CC(P(=O)(O)O)P(=O)(O)O. The topological polar surface area (TPSA) is 216 Å². The number of halogens is 2. The van der Waals surface area contributed by atoms with Crippen LogP contribution in [0.4, 0.5) is 25.0 Å². The first-order valence-electron chi connectivity index (χ1n) is 12.6. The van der Waals surface area contributed by atoms with E-state index in [4.69, 9.17) is 4.74 Å². The fourth-order valence-corrected chi connectivity index (χ4v) is 7.27. The average molecular weight is 636 g/mol. The lowest BCUT2D eigenvalue weighted by Crippen LogP contribution is -2.43. The summed E-state index contributed by atoms with van der Waals surface area (Å²) in [4.78, 5) is 77.2. The number of anilines is 2. The zero-order valence-electron chi connectivity index (χ0n) is 22.1. The summed E-state index contributed by atoms with van der Waals surface area (Å²) >= 11 is 0. The van der Waals surface area contributed by atoms with Crippen molar-refractivity contribution in [3.8, 4) is 0 Å². The lowest BCUT2D eigenvalue weighted by molar-refractivity contribution is -0.144. The molecule has 0 radical (unpaired) electrons. The minimum Gasteiger partial charge on any atom is -0.442 e. The van der Waals surface area contributed by atoms with Gasteiger partial charge in [0.1, 0.15) is 11.8 Å². The minimum absolute atomic E-state index is 0.0337. The molecule has 0 bridgehead atoms. The average Bonchev–Trinajstić information content (AvgIpc) is 3.54. The van der Waals surface area contributed by atoms with Crippen molar-refractivity contribution in [1.82, 2.24) is 19.9 Å². The van der Waals surface area contributed by atoms with Crippen LogP contribution in [0.2, 0.25) is 0 Å². The van der Waals surface area contributed by atoms with Crippen LogP contribution >= 0.6 is 15.2 Å². The summed E-state index contributed by atoms with van der Waals surface area (Å²) in [5, 5.41) is 5.04. The Labute approximate surface area is 237 Å². The molecule has 4 N–H and O–H groups in total. The van der Waals surface area contributed by atoms with Gasteiger partial charge in [-0.15, -0.1) is 5.10 Å². The summed E-state index contributed by atoms with van der Waals surface area (Å²) in [7, 11) is -10.9. The number of nitrogens with zero attached hydrogens (tertiary/aromatic N) is 6. The zero-order chi connectivity index (χ0) is 31.0. The molecular formula is C22H28F2N6O10P2. The highest BCUT2D eigenvalue weighted by molar-refractivity contribution is 7.70. The van der Waals surface area contributed by atoms with Crippen LogP contribution in [0.5, 0.6) is 0 Å². The van der Waals surface area contributed by atoms with E-state index in [1.165, 1.54) is 0 Å². The van der Waals surface area contributed by atoms with Crippen LogP contribution in [0.15, 0.2) is 24.5 Å². The molecule has 2 saturated heterocycles. The molecule has 2 aliphatic rings. The van der Waals surface area contributed by atoms with Gasteiger partial charge in [-0.2, -0.15) is 0 Å². The largest absolute Gasteiger partial charge is 0.442 e. The first kappa shape index (κ1) is 31.7. The molecule has 16 nitrogen and oxygen atoms in total. The van der Waals surface area contributed by atoms with Crippen molar-refractivity contribution < 1.29 is 56.6 Å². The molecule has 1 aromatic carbocycles. The van der Waals surface area contributed by atoms with E-state index in [9.17, 15) is 43.1 Å². The fraction of sp³-hybridized carbons (Fsp3) is 0.500. The standard InChI is InChI=1S/C22H28F2N6O10P2/c1-13(31)28(19(32)10-20(41(34,35)36)42(37,38)39)11-16-12-29(22(33)40-16)15-8-17(23)21(18(24)9-15)27-5-2-14(3-6-27)30-7-4-25-26-30/h4,7-9,14,16,20H,2-3,5-6,10-12H2,1H3,(H2,34,35,36)(H2,37,38,39)/t16-/m0/s1. The number of piperidine rings is 1. The van der Waals surface area contributed by atoms with Crippen LogP contribution in [0.3, 0.4) is 0 Å². The van der Waals surface area contributed by atoms with Gasteiger partial charge in [0.05, 0.1) is 37.4 Å². The Kier molecular flexibility index (Phi) is 9.16. The van der Waals surface area contributed by atoms with Crippen LogP contribution in [0, 0.1) is 11.6 Å². The quantitative estimate of drug-likeness (QED) is 0.285. The summed E-state index contributed by atoms with van der Waals surface area (Å²) in [6, 6.07) is 1.93. The molecule has 0 unspecified atom stereocenters. The third-order valence-corrected chi connectivity index (χ3v) is 10.7. The van der Waals surface area contributed by atoms with Crippen molar-refractivity contribution in [3.05, 3.63) is 36.2 Å². The molecule has 230 valence electrons. The predicted octanol–water partition coefficient (Wildman–Crippen LogP) is 1.17. The molecule has 4 rings (SSSR count). The number of imide groups is 1. The molecule has 0 aliphatic carbocycles. The Morgan fingerprint density at radius 1 is 1.12 bits per heavy atom. The van der Waals surface area contributed by atoms with Crippen molar-refractivity contribution in [1.29, 1.82) is 0 Å². The van der Waals surface area contributed by atoms with Gasteiger partial charge in [0.25, 0.3) is 0 Å². The number of benzene rings is 1. The zero-order valence-corrected chi connectivity index (χ0v) is 23.9. The maximum absolute atomic E-state index is 15.2. The molecule has 1 aromatic heterocycles. The summed E-state index contributed by atoms with van der Waals surface area (Å²) in [5.41, 5.74) is -0.458. The van der Waals surface area contributed by atoms with Crippen molar-refractivity contribution in [2.75, 3.05) is 36.0 Å². The Bertz CT molecular complexity index is 1400. The third kappa shape index (κ3) is 7.02. The van der Waals surface area contributed by atoms with Gasteiger partial charge in [-0.05, 0) is 12.8 Å². The first-order valence-corrected chi connectivity index (χ1v) is 15.9. The number of cyclic esters (lactones) is 1. The number of hydrogen-bond donors (Lipinski definition) is 4. The smallest absolute Gasteiger partial charge is 0.414 e. The van der Waals surface area contributed by atoms with Gasteiger partial charge in [0.2, 0.25) is 11.8 Å². The molecule has 0 saturated carbocycles. The predicted molar refractivity (Wildman–Crippen MR) is 139 cm³/mol. The van der Waals surface area contributed by atoms with E-state index in [0.29, 0.717) is 30.8 Å². The second-order valence-corrected chi connectivity index (χ2v) is 13.9. The summed E-state index contributed by atoms with van der Waals surface area (Å²) in [5.74, 6) is -4.15. The van der Waals surface area contributed by atoms with Gasteiger partial charge in [0.15, 0.2) is 17.0 Å². The molecule has 20 heteroatoms. The highest BCUT2D eigenvalue weighted by Gasteiger charge is 2.46. The number of rotatable bonds is 9. The Balaban J connectivity index is 1.44. The van der Waals surface area contributed by atoms with E-state index < -0.39 is 69.2 Å². The van der Waals surface area contributed by atoms with Crippen LogP contribution in [0.1, 0.15) is 32.2 Å². The molecular weight excluding hydrogens is 608 g/mol. The number of carbonyl (C=O) groups excluding carboxylic acids is 3. The highest BCUT2D eigenvalue weighted by atomic mass is 31.2. The van der Waals surface area contributed by atoms with Crippen LogP contribution in [-0.2, 0) is 23.5 Å². The minimum atomic E-state index is -5.45. The van der Waals surface area contributed by atoms with Crippen LogP contribution in [-0.4, -0.2) is 95.1 Å². The molecule has 42 heavy (non-hydrogen) atoms. The van der Waals surface area contributed by atoms with Gasteiger partial charge in [-0.1, -0.05) is 5.21 Å². The van der Waals surface area contributed by atoms with Crippen LogP contribution in [0.25, 0.3) is 0 Å². The molecule has 3 heterocycles. The Morgan fingerprint density at radius 3 is 2.21 bits per heavy atom. The van der Waals surface area contributed by atoms with Gasteiger partial charge in [-0.25, -0.2) is 18.3 Å². The normalized spacial score (nSPS) is 18.5. The summed E-state index contributed by atoms with van der Waals surface area (Å²) in [6.45, 7) is 0.582. The first-order chi connectivity index (χ1) is 19.6. The van der Waals surface area contributed by atoms with Crippen molar-refractivity contribution >= 4 is 44.5 Å². The summed E-state index contributed by atoms with van der Waals surface area (Å²) in [6.07, 6.45) is 0.757.